The Kier molecular flexibility index (Phi) is 9.17. The van der Waals surface area contributed by atoms with Crippen molar-refractivity contribution in [3.63, 3.8) is 0 Å². The first-order chi connectivity index (χ1) is 11.9. The normalized spacial score (nSPS) is 12.4. The van der Waals surface area contributed by atoms with Crippen LogP contribution in [0.1, 0.15) is 0 Å². The zero-order valence-corrected chi connectivity index (χ0v) is 16.0. The Bertz CT molecular complexity index is 886. The van der Waals surface area contributed by atoms with E-state index in [1.165, 1.54) is 0 Å². The molecule has 0 aliphatic carbocycles. The Morgan fingerprint density at radius 1 is 0.286 bits per heavy atom. The van der Waals surface area contributed by atoms with Crippen LogP contribution in [-0.2, 0) is 38.5 Å². The Hall–Kier alpha value is -3.56. The van der Waals surface area contributed by atoms with E-state index in [4.69, 9.17) is 63.1 Å². The second kappa shape index (κ2) is 7.99. The summed E-state index contributed by atoms with van der Waals surface area (Å²) in [6.07, 6.45) is 0. The van der Waals surface area contributed by atoms with E-state index in [2.05, 4.69) is 0 Å². The van der Waals surface area contributed by atoms with E-state index in [0.29, 0.717) is 0 Å². The van der Waals surface area contributed by atoms with Gasteiger partial charge in [0.05, 0.1) is 0 Å². The molecule has 0 aromatic heterocycles. The van der Waals surface area contributed by atoms with Crippen molar-refractivity contribution in [2.45, 2.75) is 0 Å². The molecule has 0 rings (SSSR count). The van der Waals surface area contributed by atoms with Crippen LogP contribution >= 0.6 is 0 Å². The average molecular weight is 501 g/mol. The summed E-state index contributed by atoms with van der Waals surface area (Å²) in [6.45, 7) is 0. The van der Waals surface area contributed by atoms with Crippen LogP contribution in [0.3, 0.4) is 0 Å². The standard InChI is InChI=1S/12CN.3Mn.Na.H/c12*1-2;;;;;/q;;;;;;;;;;;;2*-1;+2;;. The molecule has 0 amide bonds. The molecule has 0 bridgehead atoms. The molecule has 0 atom stereocenters. The summed E-state index contributed by atoms with van der Waals surface area (Å²) >= 11 is 0. The topological polar surface area (TPSA) is 285 Å². The van der Waals surface area contributed by atoms with Gasteiger partial charge in [-0.3, -0.25) is 0 Å². The molecule has 0 saturated carbocycles. The van der Waals surface area contributed by atoms with Crippen LogP contribution in [0.15, 0.2) is 0 Å². The quantitative estimate of drug-likeness (QED) is 0.381. The van der Waals surface area contributed by atoms with Gasteiger partial charge in [0.25, 0.3) is 0 Å². The molecule has 0 aliphatic rings. The summed E-state index contributed by atoms with van der Waals surface area (Å²) in [4.78, 5) is 12.5. The van der Waals surface area contributed by atoms with E-state index in [-0.39, 0.29) is 46.6 Å². The van der Waals surface area contributed by atoms with Crippen LogP contribution in [0.2, 0.25) is 0 Å². The minimum absolute atomic E-state index is 0. The van der Waals surface area contributed by atoms with Crippen LogP contribution in [-0.4, -0.2) is 29.6 Å². The third-order valence-electron chi connectivity index (χ3n) is 2.54. The van der Waals surface area contributed by atoms with Crippen molar-refractivity contribution in [3.8, 4) is 59.6 Å². The van der Waals surface area contributed by atoms with Crippen molar-refractivity contribution in [2.24, 2.45) is 0 Å². The Balaban J connectivity index is -0.000000192. The molecule has 0 aliphatic heterocycles. The zero-order valence-electron chi connectivity index (χ0n) is 12.5. The average Bonchev–Trinajstić information content (AvgIpc) is 2.77. The maximum absolute atomic E-state index is 8.58. The van der Waals surface area contributed by atoms with Gasteiger partial charge in [-0.25, -0.2) is 0 Å². The first-order valence-corrected chi connectivity index (χ1v) is 12.0. The first-order valence-electron chi connectivity index (χ1n) is 4.95. The molecule has 0 unspecified atom stereocenters. The number of nitrogens with zero attached hydrogens (tertiary/aromatic N) is 12. The van der Waals surface area contributed by atoms with E-state index in [9.17, 15) is 0 Å². The van der Waals surface area contributed by atoms with Gasteiger partial charge in [0.15, 0.2) is 0 Å². The number of nitriles is 12. The number of rotatable bonds is 0. The van der Waals surface area contributed by atoms with E-state index >= 15 is 0 Å². The zero-order chi connectivity index (χ0) is 21.3. The molecular weight excluding hydrogens is 500 g/mol. The first kappa shape index (κ1) is 32.1. The number of hydrogen-bond acceptors (Lipinski definition) is 12. The summed E-state index contributed by atoms with van der Waals surface area (Å²) in [5.74, 6) is 0. The van der Waals surface area contributed by atoms with Crippen LogP contribution in [0, 0.1) is 123 Å². The van der Waals surface area contributed by atoms with Gasteiger partial charge in [-0.05, 0) is 0 Å². The molecule has 1 radical (unpaired) electrons. The van der Waals surface area contributed by atoms with E-state index in [1.807, 2.05) is 0 Å². The molecule has 131 valence electrons. The summed E-state index contributed by atoms with van der Waals surface area (Å²) in [7, 11) is -12.6. The Morgan fingerprint density at radius 3 is 0.357 bits per heavy atom. The van der Waals surface area contributed by atoms with Crippen LogP contribution in [0.5, 0.6) is 0 Å². The Labute approximate surface area is 189 Å². The summed E-state index contributed by atoms with van der Waals surface area (Å²) < 4.78 is 0. The molecule has 12 nitrogen and oxygen atoms in total. The van der Waals surface area contributed by atoms with Gasteiger partial charge >= 0.3 is 191 Å². The van der Waals surface area contributed by atoms with Crippen LogP contribution in [0.25, 0.3) is 0 Å². The van der Waals surface area contributed by atoms with E-state index < -0.39 is 21.5 Å². The van der Waals surface area contributed by atoms with Crippen LogP contribution < -0.4 is 0 Å². The second-order valence-corrected chi connectivity index (χ2v) is 15.9. The minimum atomic E-state index is -6.30. The summed E-state index contributed by atoms with van der Waals surface area (Å²) in [5, 5.41) is 103. The van der Waals surface area contributed by atoms with Gasteiger partial charge < -0.3 is 0 Å². The molecule has 0 spiro atoms. The fraction of sp³-hybridized carbons (Fsp3) is 0. The molecule has 0 heterocycles. The molecule has 0 fully saturated rings. The van der Waals surface area contributed by atoms with E-state index in [1.54, 1.807) is 0 Å². The number of hydrogen-bond donors (Lipinski definition) is 0. The molecule has 28 heavy (non-hydrogen) atoms. The second-order valence-electron chi connectivity index (χ2n) is 3.85. The molecular formula is C12HMn3N12Na. The third-order valence-corrected chi connectivity index (χ3v) is 10.5. The van der Waals surface area contributed by atoms with Crippen molar-refractivity contribution in [1.82, 2.24) is 0 Å². The van der Waals surface area contributed by atoms with Gasteiger partial charge in [-0.15, -0.1) is 0 Å². The monoisotopic (exact) mass is 501 g/mol. The van der Waals surface area contributed by atoms with Gasteiger partial charge in [-0.1, -0.05) is 0 Å². The third kappa shape index (κ3) is 3.24. The van der Waals surface area contributed by atoms with Crippen molar-refractivity contribution in [1.29, 1.82) is 63.1 Å². The summed E-state index contributed by atoms with van der Waals surface area (Å²) in [6, 6.07) is 0. The molecule has 0 saturated heterocycles. The predicted octanol–water partition coefficient (Wildman–Crippen LogP) is -0.455. The maximum atomic E-state index is 8.58. The SMILES string of the molecule is N#[C][Mn-]([C]#N)([C]#N)([C]#N)([C]#N)[C]#N.N#[C][Mn-]([C]#N)([C]#N)([C]#N)([C]#N)[C]#N.[Mn+2].[NaH]. The van der Waals surface area contributed by atoms with E-state index in [0.717, 1.165) is 59.6 Å². The van der Waals surface area contributed by atoms with Crippen molar-refractivity contribution in [3.05, 3.63) is 0 Å². The fourth-order valence-electron chi connectivity index (χ4n) is 0.567. The molecule has 0 N–H and O–H groups in total. The van der Waals surface area contributed by atoms with Gasteiger partial charge in [0.1, 0.15) is 0 Å². The van der Waals surface area contributed by atoms with Gasteiger partial charge in [0, 0.05) is 0 Å². The summed E-state index contributed by atoms with van der Waals surface area (Å²) in [5.41, 5.74) is 0. The van der Waals surface area contributed by atoms with Crippen LogP contribution in [0.4, 0.5) is 0 Å². The molecule has 0 aromatic rings. The fourth-order valence-corrected chi connectivity index (χ4v) is 2.34. The van der Waals surface area contributed by atoms with Crippen molar-refractivity contribution < 1.29 is 38.5 Å². The van der Waals surface area contributed by atoms with Gasteiger partial charge in [-0.2, -0.15) is 0 Å². The van der Waals surface area contributed by atoms with Crippen molar-refractivity contribution in [2.75, 3.05) is 0 Å². The Morgan fingerprint density at radius 2 is 0.357 bits per heavy atom. The van der Waals surface area contributed by atoms with Crippen molar-refractivity contribution >= 4 is 29.6 Å². The molecule has 0 aromatic carbocycles. The molecule has 16 heteroatoms. The predicted molar refractivity (Wildman–Crippen MR) is 74.5 cm³/mol. The van der Waals surface area contributed by atoms with Gasteiger partial charge in [0.2, 0.25) is 0 Å².